The summed E-state index contributed by atoms with van der Waals surface area (Å²) in [5.41, 5.74) is 0.644. The second-order valence-electron chi connectivity index (χ2n) is 5.46. The summed E-state index contributed by atoms with van der Waals surface area (Å²) in [7, 11) is 1.53. The lowest BCUT2D eigenvalue weighted by molar-refractivity contribution is 0.401. The van der Waals surface area contributed by atoms with E-state index in [4.69, 9.17) is 4.74 Å². The van der Waals surface area contributed by atoms with Gasteiger partial charge in [0.25, 0.3) is 0 Å². The van der Waals surface area contributed by atoms with Crippen molar-refractivity contribution < 1.29 is 13.7 Å². The van der Waals surface area contributed by atoms with E-state index >= 15 is 0 Å². The third kappa shape index (κ3) is 4.51. The molecule has 0 heterocycles. The van der Waals surface area contributed by atoms with E-state index in [0.29, 0.717) is 17.7 Å². The summed E-state index contributed by atoms with van der Waals surface area (Å²) in [6.07, 6.45) is 2.24. The molecule has 1 N–H and O–H groups in total. The molecular formula is C15H22FNO2S. The first-order valence-electron chi connectivity index (χ1n) is 6.42. The number of hydrogen-bond acceptors (Lipinski definition) is 3. The molecular weight excluding hydrogens is 277 g/mol. The molecule has 0 spiro atoms. The minimum absolute atomic E-state index is 0.307. The Morgan fingerprint density at radius 3 is 2.65 bits per heavy atom. The molecule has 2 unspecified atom stereocenters. The normalized spacial score (nSPS) is 14.7. The highest BCUT2D eigenvalue weighted by Crippen LogP contribution is 2.30. The van der Waals surface area contributed by atoms with Crippen molar-refractivity contribution in [3.05, 3.63) is 42.2 Å². The molecule has 0 saturated carbocycles. The fraction of sp³-hybridized carbons (Fsp3) is 0.467. The molecule has 0 saturated heterocycles. The van der Waals surface area contributed by atoms with Gasteiger partial charge in [0.2, 0.25) is 0 Å². The van der Waals surface area contributed by atoms with Crippen LogP contribution in [0, 0.1) is 5.82 Å². The Balaban J connectivity index is 3.07. The first kappa shape index (κ1) is 17.0. The third-order valence-corrected chi connectivity index (χ3v) is 4.39. The monoisotopic (exact) mass is 299 g/mol. The van der Waals surface area contributed by atoms with Crippen LogP contribution in [0.5, 0.6) is 5.75 Å². The summed E-state index contributed by atoms with van der Waals surface area (Å²) in [6, 6.07) is 4.01. The van der Waals surface area contributed by atoms with Gasteiger partial charge in [0.15, 0.2) is 0 Å². The Kier molecular flexibility index (Phi) is 6.05. The van der Waals surface area contributed by atoms with E-state index in [0.717, 1.165) is 0 Å². The minimum atomic E-state index is -1.26. The van der Waals surface area contributed by atoms with Gasteiger partial charge in [-0.05, 0) is 45.4 Å². The zero-order valence-corrected chi connectivity index (χ0v) is 13.2. The predicted octanol–water partition coefficient (Wildman–Crippen LogP) is 3.50. The average molecular weight is 299 g/mol. The van der Waals surface area contributed by atoms with Crippen LogP contribution in [0.15, 0.2) is 30.9 Å². The molecule has 0 aliphatic rings. The number of hydrogen-bond donors (Lipinski definition) is 1. The summed E-state index contributed by atoms with van der Waals surface area (Å²) in [5.74, 6) is 0.217. The van der Waals surface area contributed by atoms with Crippen molar-refractivity contribution in [1.82, 2.24) is 4.72 Å². The Morgan fingerprint density at radius 1 is 1.50 bits per heavy atom. The van der Waals surface area contributed by atoms with Crippen molar-refractivity contribution in [3.8, 4) is 5.75 Å². The lowest BCUT2D eigenvalue weighted by Gasteiger charge is -2.28. The molecule has 1 aromatic carbocycles. The van der Waals surface area contributed by atoms with Gasteiger partial charge in [-0.3, -0.25) is 0 Å². The zero-order valence-electron chi connectivity index (χ0n) is 12.4. The average Bonchev–Trinajstić information content (AvgIpc) is 2.37. The third-order valence-electron chi connectivity index (χ3n) is 2.78. The van der Waals surface area contributed by atoms with Crippen LogP contribution in [0.3, 0.4) is 0 Å². The number of ether oxygens (including phenoxy) is 1. The minimum Gasteiger partial charge on any atom is -0.598 e. The van der Waals surface area contributed by atoms with Crippen LogP contribution < -0.4 is 9.46 Å². The lowest BCUT2D eigenvalue weighted by Crippen LogP contribution is -2.41. The van der Waals surface area contributed by atoms with E-state index in [1.807, 2.05) is 20.8 Å². The Bertz CT molecular complexity index is 460. The van der Waals surface area contributed by atoms with Gasteiger partial charge in [-0.15, -0.1) is 11.3 Å². The molecule has 112 valence electrons. The van der Waals surface area contributed by atoms with Gasteiger partial charge in [-0.2, -0.15) is 0 Å². The van der Waals surface area contributed by atoms with Gasteiger partial charge in [0.05, 0.1) is 13.2 Å². The topological polar surface area (TPSA) is 44.3 Å². The van der Waals surface area contributed by atoms with Crippen LogP contribution in [-0.4, -0.2) is 16.4 Å². The van der Waals surface area contributed by atoms with Crippen molar-refractivity contribution in [2.24, 2.45) is 0 Å². The van der Waals surface area contributed by atoms with Crippen molar-refractivity contribution in [2.45, 2.75) is 38.0 Å². The summed E-state index contributed by atoms with van der Waals surface area (Å²) < 4.78 is 33.6. The smallest absolute Gasteiger partial charge is 0.136 e. The van der Waals surface area contributed by atoms with Crippen molar-refractivity contribution in [1.29, 1.82) is 0 Å². The molecule has 1 aromatic rings. The second-order valence-corrected chi connectivity index (χ2v) is 7.46. The molecule has 0 aromatic heterocycles. The fourth-order valence-electron chi connectivity index (χ4n) is 1.69. The first-order chi connectivity index (χ1) is 9.29. The number of methoxy groups -OCH3 is 1. The summed E-state index contributed by atoms with van der Waals surface area (Å²) >= 11 is -1.26. The van der Waals surface area contributed by atoms with E-state index in [-0.39, 0.29) is 11.9 Å². The Hall–Kier alpha value is -1.04. The summed E-state index contributed by atoms with van der Waals surface area (Å²) in [5, 5.41) is 0. The fourth-order valence-corrected chi connectivity index (χ4v) is 2.52. The van der Waals surface area contributed by atoms with Gasteiger partial charge >= 0.3 is 0 Å². The lowest BCUT2D eigenvalue weighted by atomic mass is 10.0. The highest BCUT2D eigenvalue weighted by Gasteiger charge is 2.30. The molecule has 1 rings (SSSR count). The number of nitrogens with one attached hydrogen (secondary N) is 1. The predicted molar refractivity (Wildman–Crippen MR) is 81.5 cm³/mol. The van der Waals surface area contributed by atoms with E-state index in [1.165, 1.54) is 19.2 Å². The largest absolute Gasteiger partial charge is 0.598 e. The highest BCUT2D eigenvalue weighted by atomic mass is 32.2. The molecule has 2 atom stereocenters. The Labute approximate surface area is 123 Å². The van der Waals surface area contributed by atoms with E-state index in [1.54, 1.807) is 12.1 Å². The number of benzene rings is 1. The van der Waals surface area contributed by atoms with Crippen LogP contribution in [0.25, 0.3) is 0 Å². The maximum atomic E-state index is 13.5. The van der Waals surface area contributed by atoms with Crippen LogP contribution in [-0.2, 0) is 11.4 Å². The quantitative estimate of drug-likeness (QED) is 0.646. The zero-order chi connectivity index (χ0) is 15.3. The van der Waals surface area contributed by atoms with Crippen molar-refractivity contribution >= 4 is 11.4 Å². The van der Waals surface area contributed by atoms with E-state index in [2.05, 4.69) is 11.3 Å². The number of halogens is 1. The molecule has 0 radical (unpaired) electrons. The van der Waals surface area contributed by atoms with Crippen LogP contribution in [0.2, 0.25) is 0 Å². The molecule has 0 fully saturated rings. The van der Waals surface area contributed by atoms with Gasteiger partial charge in [-0.25, -0.2) is 4.39 Å². The van der Waals surface area contributed by atoms with Gasteiger partial charge in [0, 0.05) is 16.9 Å². The maximum absolute atomic E-state index is 13.5. The SMILES string of the molecule is C=CCC(N[S+]([O-])C(C)(C)C)c1cc(F)ccc1OC. The van der Waals surface area contributed by atoms with E-state index in [9.17, 15) is 8.94 Å². The van der Waals surface area contributed by atoms with Crippen LogP contribution in [0.1, 0.15) is 38.8 Å². The molecule has 5 heteroatoms. The maximum Gasteiger partial charge on any atom is 0.136 e. The van der Waals surface area contributed by atoms with Crippen molar-refractivity contribution in [3.63, 3.8) is 0 Å². The first-order valence-corrected chi connectivity index (χ1v) is 7.57. The second kappa shape index (κ2) is 7.11. The number of rotatable bonds is 6. The van der Waals surface area contributed by atoms with Crippen LogP contribution in [0.4, 0.5) is 4.39 Å². The molecule has 0 aliphatic carbocycles. The van der Waals surface area contributed by atoms with Gasteiger partial charge < -0.3 is 9.29 Å². The van der Waals surface area contributed by atoms with E-state index < -0.39 is 16.1 Å². The summed E-state index contributed by atoms with van der Waals surface area (Å²) in [6.45, 7) is 9.34. The standard InChI is InChI=1S/C15H22FNO2S/c1-6-7-13(17-20(18)15(2,3)4)12-10-11(16)8-9-14(12)19-5/h6,8-10,13,17H,1,7H2,2-5H3. The molecule has 0 amide bonds. The van der Waals surface area contributed by atoms with Crippen molar-refractivity contribution in [2.75, 3.05) is 7.11 Å². The molecule has 20 heavy (non-hydrogen) atoms. The van der Waals surface area contributed by atoms with Gasteiger partial charge in [0.1, 0.15) is 16.3 Å². The summed E-state index contributed by atoms with van der Waals surface area (Å²) in [4.78, 5) is 0. The Morgan fingerprint density at radius 2 is 2.15 bits per heavy atom. The van der Waals surface area contributed by atoms with Crippen LogP contribution >= 0.6 is 0 Å². The molecule has 0 aliphatic heterocycles. The molecule has 0 bridgehead atoms. The molecule has 3 nitrogen and oxygen atoms in total. The highest BCUT2D eigenvalue weighted by molar-refractivity contribution is 7.90. The van der Waals surface area contributed by atoms with Gasteiger partial charge in [-0.1, -0.05) is 6.08 Å².